The van der Waals surface area contributed by atoms with E-state index in [1.54, 1.807) is 23.2 Å². The van der Waals surface area contributed by atoms with Crippen molar-refractivity contribution in [1.82, 2.24) is 14.5 Å². The molecule has 2 rings (SSSR count). The Morgan fingerprint density at radius 1 is 1.41 bits per heavy atom. The molecule has 0 aliphatic heterocycles. The summed E-state index contributed by atoms with van der Waals surface area (Å²) in [7, 11) is 1.78. The number of nitrogens with zero attached hydrogens (tertiary/aromatic N) is 3. The molecular weight excluding hydrogens is 240 g/mol. The molecule has 0 saturated carbocycles. The summed E-state index contributed by atoms with van der Waals surface area (Å²) in [5.41, 5.74) is 0.665. The average Bonchev–Trinajstić information content (AvgIpc) is 2.86. The molecule has 0 fully saturated rings. The molecule has 17 heavy (non-hydrogen) atoms. The second-order valence-corrected chi connectivity index (χ2v) is 4.33. The van der Waals surface area contributed by atoms with Crippen LogP contribution >= 0.6 is 11.3 Å². The molecule has 88 valence electrons. The topological polar surface area (TPSA) is 76.9 Å². The number of aryl methyl sites for hydroxylation is 1. The number of carbonyl (C=O) groups excluding carboxylic acids is 2. The predicted molar refractivity (Wildman–Crippen MR) is 63.3 cm³/mol. The van der Waals surface area contributed by atoms with E-state index in [2.05, 4.69) is 15.3 Å². The molecule has 0 saturated heterocycles. The van der Waals surface area contributed by atoms with Crippen molar-refractivity contribution in [3.8, 4) is 0 Å². The highest BCUT2D eigenvalue weighted by atomic mass is 32.1. The van der Waals surface area contributed by atoms with Crippen LogP contribution < -0.4 is 5.32 Å². The summed E-state index contributed by atoms with van der Waals surface area (Å²) in [6.07, 6.45) is 3.15. The summed E-state index contributed by atoms with van der Waals surface area (Å²) in [4.78, 5) is 30.6. The summed E-state index contributed by atoms with van der Waals surface area (Å²) in [6.45, 7) is 1.43. The molecule has 0 atom stereocenters. The van der Waals surface area contributed by atoms with Crippen molar-refractivity contribution in [1.29, 1.82) is 0 Å². The van der Waals surface area contributed by atoms with Gasteiger partial charge in [0.2, 0.25) is 0 Å². The van der Waals surface area contributed by atoms with Crippen molar-refractivity contribution in [2.24, 2.45) is 7.05 Å². The summed E-state index contributed by atoms with van der Waals surface area (Å²) in [5, 5.41) is 4.59. The largest absolute Gasteiger partial charge is 0.340 e. The molecule has 2 heterocycles. The van der Waals surface area contributed by atoms with Crippen LogP contribution in [0, 0.1) is 0 Å². The quantitative estimate of drug-likeness (QED) is 0.834. The van der Waals surface area contributed by atoms with Gasteiger partial charge in [-0.3, -0.25) is 14.9 Å². The number of ketones is 1. The lowest BCUT2D eigenvalue weighted by atomic mass is 10.4. The first-order valence-electron chi connectivity index (χ1n) is 4.82. The Balaban J connectivity index is 2.10. The van der Waals surface area contributed by atoms with Gasteiger partial charge in [-0.2, -0.15) is 0 Å². The Kier molecular flexibility index (Phi) is 3.01. The lowest BCUT2D eigenvalue weighted by Gasteiger charge is -1.96. The standard InChI is InChI=1S/C10H10N4O2S/c1-6(15)8-4-17-10(12-8)13-9(16)7-3-14(2)5-11-7/h3-5H,1-2H3,(H,12,13,16). The molecule has 0 aliphatic carbocycles. The highest BCUT2D eigenvalue weighted by molar-refractivity contribution is 7.14. The van der Waals surface area contributed by atoms with E-state index in [9.17, 15) is 9.59 Å². The molecule has 2 aromatic heterocycles. The number of imidazole rings is 1. The average molecular weight is 250 g/mol. The number of Topliss-reactive ketones (excluding diaryl/α,β-unsaturated/α-hetero) is 1. The molecule has 7 heteroatoms. The third-order valence-electron chi connectivity index (χ3n) is 2.02. The van der Waals surface area contributed by atoms with E-state index in [0.717, 1.165) is 0 Å². The molecular formula is C10H10N4O2S. The number of hydrogen-bond donors (Lipinski definition) is 1. The number of anilines is 1. The number of amides is 1. The minimum absolute atomic E-state index is 0.125. The van der Waals surface area contributed by atoms with Gasteiger partial charge in [-0.05, 0) is 0 Å². The van der Waals surface area contributed by atoms with Gasteiger partial charge in [0, 0.05) is 25.5 Å². The normalized spacial score (nSPS) is 10.2. The van der Waals surface area contributed by atoms with Crippen molar-refractivity contribution in [2.75, 3.05) is 5.32 Å². The molecule has 6 nitrogen and oxygen atoms in total. The van der Waals surface area contributed by atoms with Crippen molar-refractivity contribution in [3.63, 3.8) is 0 Å². The maximum Gasteiger partial charge on any atom is 0.277 e. The third-order valence-corrected chi connectivity index (χ3v) is 2.78. The highest BCUT2D eigenvalue weighted by Crippen LogP contribution is 2.16. The number of nitrogens with one attached hydrogen (secondary N) is 1. The molecule has 0 aliphatic rings. The van der Waals surface area contributed by atoms with Gasteiger partial charge in [-0.1, -0.05) is 0 Å². The monoisotopic (exact) mass is 250 g/mol. The van der Waals surface area contributed by atoms with Crippen LogP contribution in [-0.4, -0.2) is 26.2 Å². The lowest BCUT2D eigenvalue weighted by molar-refractivity contribution is 0.100. The van der Waals surface area contributed by atoms with Gasteiger partial charge < -0.3 is 4.57 Å². The van der Waals surface area contributed by atoms with Gasteiger partial charge in [0.15, 0.2) is 10.9 Å². The number of aromatic nitrogens is 3. The van der Waals surface area contributed by atoms with Crippen molar-refractivity contribution < 1.29 is 9.59 Å². The van der Waals surface area contributed by atoms with Gasteiger partial charge in [0.25, 0.3) is 5.91 Å². The predicted octanol–water partition coefficient (Wildman–Crippen LogP) is 1.33. The van der Waals surface area contributed by atoms with Crippen LogP contribution in [0.5, 0.6) is 0 Å². The molecule has 0 bridgehead atoms. The Morgan fingerprint density at radius 3 is 2.71 bits per heavy atom. The Hall–Kier alpha value is -2.02. The van der Waals surface area contributed by atoms with Gasteiger partial charge in [0.1, 0.15) is 11.4 Å². The van der Waals surface area contributed by atoms with Crippen LogP contribution in [0.25, 0.3) is 0 Å². The zero-order valence-electron chi connectivity index (χ0n) is 9.30. The fraction of sp³-hybridized carbons (Fsp3) is 0.200. The molecule has 0 unspecified atom stereocenters. The first-order chi connectivity index (χ1) is 8.06. The van der Waals surface area contributed by atoms with E-state index in [0.29, 0.717) is 16.5 Å². The second kappa shape index (κ2) is 4.46. The molecule has 1 N–H and O–H groups in total. The number of hydrogen-bond acceptors (Lipinski definition) is 5. The Morgan fingerprint density at radius 2 is 2.18 bits per heavy atom. The van der Waals surface area contributed by atoms with Gasteiger partial charge >= 0.3 is 0 Å². The molecule has 1 amide bonds. The third kappa shape index (κ3) is 2.56. The molecule has 0 aromatic carbocycles. The van der Waals surface area contributed by atoms with E-state index >= 15 is 0 Å². The van der Waals surface area contributed by atoms with E-state index in [-0.39, 0.29) is 11.7 Å². The maximum absolute atomic E-state index is 11.7. The fourth-order valence-electron chi connectivity index (χ4n) is 1.18. The van der Waals surface area contributed by atoms with Crippen molar-refractivity contribution in [2.45, 2.75) is 6.92 Å². The van der Waals surface area contributed by atoms with Crippen LogP contribution in [0.3, 0.4) is 0 Å². The second-order valence-electron chi connectivity index (χ2n) is 3.47. The van der Waals surface area contributed by atoms with Crippen LogP contribution in [0.2, 0.25) is 0 Å². The van der Waals surface area contributed by atoms with E-state index < -0.39 is 0 Å². The zero-order chi connectivity index (χ0) is 12.4. The van der Waals surface area contributed by atoms with Gasteiger partial charge in [0.05, 0.1) is 6.33 Å². The summed E-state index contributed by atoms with van der Waals surface area (Å²) >= 11 is 1.21. The number of thiazole rings is 1. The van der Waals surface area contributed by atoms with E-state index in [1.807, 2.05) is 0 Å². The Bertz CT molecular complexity index is 572. The van der Waals surface area contributed by atoms with Crippen LogP contribution in [0.4, 0.5) is 5.13 Å². The van der Waals surface area contributed by atoms with Crippen molar-refractivity contribution >= 4 is 28.2 Å². The highest BCUT2D eigenvalue weighted by Gasteiger charge is 2.12. The molecule has 0 radical (unpaired) electrons. The smallest absolute Gasteiger partial charge is 0.277 e. The van der Waals surface area contributed by atoms with Gasteiger partial charge in [-0.25, -0.2) is 9.97 Å². The number of carbonyl (C=O) groups is 2. The van der Waals surface area contributed by atoms with E-state index in [1.165, 1.54) is 24.6 Å². The SMILES string of the molecule is CC(=O)c1csc(NC(=O)c2cn(C)cn2)n1. The number of rotatable bonds is 3. The minimum Gasteiger partial charge on any atom is -0.340 e. The molecule has 0 spiro atoms. The first-order valence-corrected chi connectivity index (χ1v) is 5.70. The van der Waals surface area contributed by atoms with Gasteiger partial charge in [-0.15, -0.1) is 11.3 Å². The summed E-state index contributed by atoms with van der Waals surface area (Å²) in [6, 6.07) is 0. The van der Waals surface area contributed by atoms with E-state index in [4.69, 9.17) is 0 Å². The Labute approximate surface area is 101 Å². The zero-order valence-corrected chi connectivity index (χ0v) is 10.1. The van der Waals surface area contributed by atoms with Crippen LogP contribution in [0.15, 0.2) is 17.9 Å². The lowest BCUT2D eigenvalue weighted by Crippen LogP contribution is -2.12. The molecule has 2 aromatic rings. The first kappa shape index (κ1) is 11.5. The van der Waals surface area contributed by atoms with Crippen molar-refractivity contribution in [3.05, 3.63) is 29.3 Å². The van der Waals surface area contributed by atoms with Crippen LogP contribution in [0.1, 0.15) is 27.9 Å². The minimum atomic E-state index is -0.338. The van der Waals surface area contributed by atoms with Crippen LogP contribution in [-0.2, 0) is 7.05 Å². The fourth-order valence-corrected chi connectivity index (χ4v) is 1.93. The maximum atomic E-state index is 11.7. The summed E-state index contributed by atoms with van der Waals surface area (Å²) < 4.78 is 1.68. The summed E-state index contributed by atoms with van der Waals surface area (Å²) in [5.74, 6) is -0.463.